The number of H-pyrrole nitrogens is 1. The number of halogens is 2. The van der Waals surface area contributed by atoms with Gasteiger partial charge in [0.1, 0.15) is 0 Å². The van der Waals surface area contributed by atoms with Gasteiger partial charge in [0.2, 0.25) is 5.88 Å². The number of hydrogen-bond donors (Lipinski definition) is 2. The molecule has 2 N–H and O–H groups in total. The summed E-state index contributed by atoms with van der Waals surface area (Å²) >= 11 is 9.20. The number of aromatic hydroxyl groups is 1. The lowest BCUT2D eigenvalue weighted by Gasteiger charge is -2.11. The highest BCUT2D eigenvalue weighted by Gasteiger charge is 2.14. The summed E-state index contributed by atoms with van der Waals surface area (Å²) in [5, 5.41) is 10.4. The minimum absolute atomic E-state index is 0.152. The molecule has 5 nitrogen and oxygen atoms in total. The number of rotatable bonds is 2. The van der Waals surface area contributed by atoms with Crippen molar-refractivity contribution < 1.29 is 5.11 Å². The normalized spacial score (nSPS) is 10.7. The lowest BCUT2D eigenvalue weighted by Crippen LogP contribution is -2.31. The van der Waals surface area contributed by atoms with Crippen LogP contribution in [-0.4, -0.2) is 14.7 Å². The number of benzene rings is 1. The van der Waals surface area contributed by atoms with Crippen LogP contribution in [0.5, 0.6) is 5.88 Å². The fourth-order valence-electron chi connectivity index (χ4n) is 1.74. The molecule has 0 saturated heterocycles. The van der Waals surface area contributed by atoms with Crippen molar-refractivity contribution in [1.29, 1.82) is 0 Å². The van der Waals surface area contributed by atoms with Crippen LogP contribution >= 0.6 is 27.5 Å². The Hall–Kier alpha value is -1.53. The summed E-state index contributed by atoms with van der Waals surface area (Å²) in [6, 6.07) is 4.78. The standard InChI is InChI=1S/C12H10BrClN2O3/c1-2-7-10(17)15-12(19)16(11(7)18)6-3-4-8(13)9(14)5-6/h3-5,18H,2H2,1H3,(H,15,17,19). The van der Waals surface area contributed by atoms with E-state index < -0.39 is 11.2 Å². The molecule has 1 aromatic carbocycles. The van der Waals surface area contributed by atoms with Crippen molar-refractivity contribution in [2.75, 3.05) is 0 Å². The Kier molecular flexibility index (Phi) is 3.82. The van der Waals surface area contributed by atoms with Crippen molar-refractivity contribution in [3.63, 3.8) is 0 Å². The van der Waals surface area contributed by atoms with Crippen LogP contribution in [0.3, 0.4) is 0 Å². The van der Waals surface area contributed by atoms with E-state index in [-0.39, 0.29) is 11.4 Å². The molecule has 19 heavy (non-hydrogen) atoms. The van der Waals surface area contributed by atoms with E-state index in [9.17, 15) is 14.7 Å². The third-order valence-corrected chi connectivity index (χ3v) is 3.93. The monoisotopic (exact) mass is 344 g/mol. The molecule has 0 saturated carbocycles. The van der Waals surface area contributed by atoms with Gasteiger partial charge < -0.3 is 5.11 Å². The first kappa shape index (κ1) is 13.9. The summed E-state index contributed by atoms with van der Waals surface area (Å²) in [5.41, 5.74) is -0.761. The van der Waals surface area contributed by atoms with Gasteiger partial charge in [-0.25, -0.2) is 9.36 Å². The van der Waals surface area contributed by atoms with Gasteiger partial charge in [0.05, 0.1) is 16.3 Å². The Morgan fingerprint density at radius 2 is 2.11 bits per heavy atom. The number of nitrogens with one attached hydrogen (secondary N) is 1. The average molecular weight is 346 g/mol. The van der Waals surface area contributed by atoms with E-state index in [1.54, 1.807) is 19.1 Å². The zero-order valence-corrected chi connectivity index (χ0v) is 12.2. The fourth-order valence-corrected chi connectivity index (χ4v) is 2.16. The van der Waals surface area contributed by atoms with Gasteiger partial charge in [-0.1, -0.05) is 18.5 Å². The first-order chi connectivity index (χ1) is 8.95. The van der Waals surface area contributed by atoms with Gasteiger partial charge in [0, 0.05) is 4.47 Å². The second-order valence-electron chi connectivity index (χ2n) is 3.85. The van der Waals surface area contributed by atoms with E-state index in [0.29, 0.717) is 21.6 Å². The molecule has 0 aliphatic rings. The highest BCUT2D eigenvalue weighted by molar-refractivity contribution is 9.10. The first-order valence-electron chi connectivity index (χ1n) is 5.48. The van der Waals surface area contributed by atoms with Gasteiger partial charge in [-0.2, -0.15) is 0 Å². The van der Waals surface area contributed by atoms with Crippen LogP contribution in [0.1, 0.15) is 12.5 Å². The molecule has 1 heterocycles. The molecule has 0 amide bonds. The van der Waals surface area contributed by atoms with E-state index in [1.807, 2.05) is 0 Å². The van der Waals surface area contributed by atoms with E-state index in [1.165, 1.54) is 6.07 Å². The summed E-state index contributed by atoms with van der Waals surface area (Å²) < 4.78 is 1.68. The first-order valence-corrected chi connectivity index (χ1v) is 6.65. The van der Waals surface area contributed by atoms with Crippen LogP contribution in [0, 0.1) is 0 Å². The van der Waals surface area contributed by atoms with Crippen LogP contribution < -0.4 is 11.2 Å². The van der Waals surface area contributed by atoms with E-state index in [0.717, 1.165) is 4.57 Å². The molecule has 0 radical (unpaired) electrons. The third-order valence-electron chi connectivity index (χ3n) is 2.69. The van der Waals surface area contributed by atoms with Crippen molar-refractivity contribution in [3.8, 4) is 11.6 Å². The van der Waals surface area contributed by atoms with Gasteiger partial charge in [0.15, 0.2) is 0 Å². The van der Waals surface area contributed by atoms with Crippen LogP contribution in [0.4, 0.5) is 0 Å². The smallest absolute Gasteiger partial charge is 0.335 e. The molecule has 0 bridgehead atoms. The van der Waals surface area contributed by atoms with Crippen molar-refractivity contribution in [2.24, 2.45) is 0 Å². The molecule has 2 rings (SSSR count). The molecular weight excluding hydrogens is 336 g/mol. The molecule has 0 aliphatic carbocycles. The second-order valence-corrected chi connectivity index (χ2v) is 5.11. The zero-order chi connectivity index (χ0) is 14.2. The maximum atomic E-state index is 11.8. The van der Waals surface area contributed by atoms with Crippen LogP contribution in [0.25, 0.3) is 5.69 Å². The third kappa shape index (κ3) is 2.46. The Balaban J connectivity index is 2.78. The van der Waals surface area contributed by atoms with Crippen molar-refractivity contribution in [1.82, 2.24) is 9.55 Å². The van der Waals surface area contributed by atoms with Gasteiger partial charge in [0.25, 0.3) is 5.56 Å². The second kappa shape index (κ2) is 5.22. The molecule has 0 spiro atoms. The summed E-state index contributed by atoms with van der Waals surface area (Å²) in [6.45, 7) is 1.72. The van der Waals surface area contributed by atoms with Gasteiger partial charge in [-0.05, 0) is 40.5 Å². The molecule has 2 aromatic rings. The zero-order valence-electron chi connectivity index (χ0n) is 9.91. The topological polar surface area (TPSA) is 75.1 Å². The minimum atomic E-state index is -0.710. The molecule has 1 aromatic heterocycles. The van der Waals surface area contributed by atoms with Crippen LogP contribution in [0.2, 0.25) is 5.02 Å². The predicted octanol–water partition coefficient (Wildman–Crippen LogP) is 2.21. The number of hydrogen-bond acceptors (Lipinski definition) is 3. The number of aromatic amines is 1. The van der Waals surface area contributed by atoms with Crippen LogP contribution in [-0.2, 0) is 6.42 Å². The quantitative estimate of drug-likeness (QED) is 0.876. The van der Waals surface area contributed by atoms with E-state index in [4.69, 9.17) is 11.6 Å². The fraction of sp³-hybridized carbons (Fsp3) is 0.167. The highest BCUT2D eigenvalue weighted by Crippen LogP contribution is 2.26. The maximum Gasteiger partial charge on any atom is 0.335 e. The molecule has 7 heteroatoms. The Bertz CT molecular complexity index is 752. The van der Waals surface area contributed by atoms with Gasteiger partial charge in [-0.15, -0.1) is 0 Å². The molecular formula is C12H10BrClN2O3. The van der Waals surface area contributed by atoms with Crippen molar-refractivity contribution in [2.45, 2.75) is 13.3 Å². The highest BCUT2D eigenvalue weighted by atomic mass is 79.9. The minimum Gasteiger partial charge on any atom is -0.494 e. The molecule has 0 unspecified atom stereocenters. The van der Waals surface area contributed by atoms with E-state index >= 15 is 0 Å². The molecule has 100 valence electrons. The molecule has 0 fully saturated rings. The summed E-state index contributed by atoms with van der Waals surface area (Å²) in [7, 11) is 0. The van der Waals surface area contributed by atoms with Gasteiger partial charge in [-0.3, -0.25) is 9.78 Å². The Morgan fingerprint density at radius 1 is 1.42 bits per heavy atom. The number of nitrogens with zero attached hydrogens (tertiary/aromatic N) is 1. The van der Waals surface area contributed by atoms with Crippen LogP contribution in [0.15, 0.2) is 32.3 Å². The predicted molar refractivity (Wildman–Crippen MR) is 76.4 cm³/mol. The van der Waals surface area contributed by atoms with Crippen molar-refractivity contribution in [3.05, 3.63) is 54.1 Å². The summed E-state index contributed by atoms with van der Waals surface area (Å²) in [4.78, 5) is 25.5. The lowest BCUT2D eigenvalue weighted by atomic mass is 10.2. The Labute approximate surface area is 121 Å². The summed E-state index contributed by atoms with van der Waals surface area (Å²) in [6.07, 6.45) is 0.311. The maximum absolute atomic E-state index is 11.8. The molecule has 0 aliphatic heterocycles. The number of aromatic nitrogens is 2. The summed E-state index contributed by atoms with van der Waals surface area (Å²) in [5.74, 6) is -0.366. The largest absolute Gasteiger partial charge is 0.494 e. The van der Waals surface area contributed by atoms with E-state index in [2.05, 4.69) is 20.9 Å². The lowest BCUT2D eigenvalue weighted by molar-refractivity contribution is 0.423. The van der Waals surface area contributed by atoms with Gasteiger partial charge >= 0.3 is 5.69 Å². The average Bonchev–Trinajstić information content (AvgIpc) is 2.33. The Morgan fingerprint density at radius 3 is 2.68 bits per heavy atom. The molecule has 0 atom stereocenters. The SMILES string of the molecule is CCc1c(O)n(-c2ccc(Br)c(Cl)c2)c(=O)[nH]c1=O. The van der Waals surface area contributed by atoms with Crippen molar-refractivity contribution >= 4 is 27.5 Å².